The third-order valence-electron chi connectivity index (χ3n) is 2.03. The van der Waals surface area contributed by atoms with Gasteiger partial charge >= 0.3 is 6.09 Å². The van der Waals surface area contributed by atoms with Crippen LogP contribution in [-0.2, 0) is 6.42 Å². The lowest BCUT2D eigenvalue weighted by Crippen LogP contribution is -2.42. The Kier molecular flexibility index (Phi) is 3.93. The number of ether oxygens (including phenoxy) is 1. The minimum atomic E-state index is -0.409. The zero-order valence-corrected chi connectivity index (χ0v) is 10.3. The topological polar surface area (TPSA) is 38.3 Å². The summed E-state index contributed by atoms with van der Waals surface area (Å²) < 4.78 is 5.26. The highest BCUT2D eigenvalue weighted by molar-refractivity contribution is 5.71. The molecule has 1 aromatic rings. The Bertz CT molecular complexity index is 366. The van der Waals surface area contributed by atoms with Gasteiger partial charge in [0.1, 0.15) is 5.75 Å². The van der Waals surface area contributed by atoms with Crippen LogP contribution >= 0.6 is 0 Å². The molecule has 0 spiro atoms. The average Bonchev–Trinajstić information content (AvgIpc) is 2.15. The average molecular weight is 221 g/mol. The normalized spacial score (nSPS) is 11.0. The van der Waals surface area contributed by atoms with Crippen LogP contribution in [0.15, 0.2) is 24.3 Å². The van der Waals surface area contributed by atoms with Gasteiger partial charge in [-0.25, -0.2) is 4.79 Å². The van der Waals surface area contributed by atoms with Crippen LogP contribution in [0.3, 0.4) is 0 Å². The van der Waals surface area contributed by atoms with Gasteiger partial charge in [-0.1, -0.05) is 25.1 Å². The van der Waals surface area contributed by atoms with Gasteiger partial charge in [-0.3, -0.25) is 0 Å². The molecule has 0 aromatic heterocycles. The fraction of sp³-hybridized carbons (Fsp3) is 0.462. The summed E-state index contributed by atoms with van der Waals surface area (Å²) in [6, 6.07) is 7.56. The third-order valence-corrected chi connectivity index (χ3v) is 2.03. The Labute approximate surface area is 96.8 Å². The molecule has 0 saturated heterocycles. The summed E-state index contributed by atoms with van der Waals surface area (Å²) in [5.74, 6) is 0.631. The number of carbonyl (C=O) groups excluding carboxylic acids is 1. The molecule has 0 aliphatic rings. The highest BCUT2D eigenvalue weighted by Crippen LogP contribution is 2.18. The smallest absolute Gasteiger partial charge is 0.410 e. The van der Waals surface area contributed by atoms with E-state index in [4.69, 9.17) is 4.74 Å². The fourth-order valence-electron chi connectivity index (χ4n) is 1.33. The van der Waals surface area contributed by atoms with Crippen LogP contribution in [0, 0.1) is 0 Å². The van der Waals surface area contributed by atoms with Crippen LogP contribution in [-0.4, -0.2) is 11.6 Å². The summed E-state index contributed by atoms with van der Waals surface area (Å²) >= 11 is 0. The van der Waals surface area contributed by atoms with E-state index in [1.165, 1.54) is 0 Å². The van der Waals surface area contributed by atoms with Crippen molar-refractivity contribution in [2.75, 3.05) is 0 Å². The van der Waals surface area contributed by atoms with E-state index in [0.717, 1.165) is 12.0 Å². The first-order chi connectivity index (χ1) is 7.42. The van der Waals surface area contributed by atoms with Gasteiger partial charge in [0.2, 0.25) is 0 Å². The maximum Gasteiger partial charge on any atom is 0.413 e. The Hall–Kier alpha value is -1.51. The van der Waals surface area contributed by atoms with Crippen LogP contribution < -0.4 is 10.1 Å². The summed E-state index contributed by atoms with van der Waals surface area (Å²) in [6.45, 7) is 7.78. The van der Waals surface area contributed by atoms with Gasteiger partial charge in [-0.15, -0.1) is 0 Å². The highest BCUT2D eigenvalue weighted by atomic mass is 16.6. The van der Waals surface area contributed by atoms with Crippen molar-refractivity contribution >= 4 is 6.09 Å². The molecule has 16 heavy (non-hydrogen) atoms. The zero-order chi connectivity index (χ0) is 12.2. The van der Waals surface area contributed by atoms with Crippen molar-refractivity contribution in [3.63, 3.8) is 0 Å². The molecule has 0 atom stereocenters. The predicted molar refractivity (Wildman–Crippen MR) is 64.7 cm³/mol. The minimum Gasteiger partial charge on any atom is -0.410 e. The van der Waals surface area contributed by atoms with Gasteiger partial charge in [0.25, 0.3) is 0 Å². The number of rotatable bonds is 2. The van der Waals surface area contributed by atoms with Gasteiger partial charge in [0.05, 0.1) is 0 Å². The third kappa shape index (κ3) is 3.93. The van der Waals surface area contributed by atoms with Crippen LogP contribution in [0.1, 0.15) is 33.3 Å². The second-order valence-electron chi connectivity index (χ2n) is 4.73. The Morgan fingerprint density at radius 3 is 2.50 bits per heavy atom. The number of nitrogens with one attached hydrogen (secondary N) is 1. The highest BCUT2D eigenvalue weighted by Gasteiger charge is 2.15. The van der Waals surface area contributed by atoms with Gasteiger partial charge in [-0.05, 0) is 38.8 Å². The van der Waals surface area contributed by atoms with Gasteiger partial charge < -0.3 is 10.1 Å². The molecule has 1 N–H and O–H groups in total. The first-order valence-corrected chi connectivity index (χ1v) is 5.50. The number of hydrogen-bond donors (Lipinski definition) is 1. The van der Waals surface area contributed by atoms with Crippen molar-refractivity contribution in [2.45, 2.75) is 39.7 Å². The van der Waals surface area contributed by atoms with E-state index in [-0.39, 0.29) is 5.54 Å². The molecule has 0 saturated carbocycles. The van der Waals surface area contributed by atoms with Crippen molar-refractivity contribution < 1.29 is 9.53 Å². The molecular formula is C13H19NO2. The van der Waals surface area contributed by atoms with Gasteiger partial charge in [-0.2, -0.15) is 0 Å². The molecule has 0 unspecified atom stereocenters. The summed E-state index contributed by atoms with van der Waals surface area (Å²) in [7, 11) is 0. The maximum atomic E-state index is 11.6. The summed E-state index contributed by atoms with van der Waals surface area (Å²) in [5.41, 5.74) is 0.754. The lowest BCUT2D eigenvalue weighted by atomic mass is 10.1. The summed E-state index contributed by atoms with van der Waals surface area (Å²) in [5, 5.41) is 2.76. The van der Waals surface area contributed by atoms with E-state index in [1.807, 2.05) is 45.9 Å². The molecule has 0 aliphatic carbocycles. The lowest BCUT2D eigenvalue weighted by molar-refractivity contribution is 0.190. The molecule has 1 rings (SSSR count). The lowest BCUT2D eigenvalue weighted by Gasteiger charge is -2.20. The Morgan fingerprint density at radius 2 is 1.94 bits per heavy atom. The molecule has 1 aromatic carbocycles. The van der Waals surface area contributed by atoms with Crippen molar-refractivity contribution in [1.29, 1.82) is 0 Å². The number of carbonyl (C=O) groups is 1. The largest absolute Gasteiger partial charge is 0.413 e. The monoisotopic (exact) mass is 221 g/mol. The number of amides is 1. The quantitative estimate of drug-likeness (QED) is 0.833. The molecule has 0 bridgehead atoms. The number of para-hydroxylation sites is 1. The van der Waals surface area contributed by atoms with Crippen molar-refractivity contribution in [2.24, 2.45) is 0 Å². The molecule has 3 heteroatoms. The van der Waals surface area contributed by atoms with E-state index in [1.54, 1.807) is 6.07 Å². The molecule has 0 heterocycles. The van der Waals surface area contributed by atoms with Gasteiger partial charge in [0, 0.05) is 5.54 Å². The zero-order valence-electron chi connectivity index (χ0n) is 10.3. The SMILES string of the molecule is CCc1ccccc1OC(=O)NC(C)(C)C. The van der Waals surface area contributed by atoms with Crippen molar-refractivity contribution in [3.05, 3.63) is 29.8 Å². The summed E-state index contributed by atoms with van der Waals surface area (Å²) in [4.78, 5) is 11.6. The standard InChI is InChI=1S/C13H19NO2/c1-5-10-8-6-7-9-11(10)16-12(15)14-13(2,3)4/h6-9H,5H2,1-4H3,(H,14,15). The number of aryl methyl sites for hydroxylation is 1. The van der Waals surface area contributed by atoms with Crippen molar-refractivity contribution in [1.82, 2.24) is 5.32 Å². The van der Waals surface area contributed by atoms with Crippen LogP contribution in [0.4, 0.5) is 4.79 Å². The molecule has 1 amide bonds. The number of benzene rings is 1. The molecule has 0 fully saturated rings. The Balaban J connectivity index is 2.70. The van der Waals surface area contributed by atoms with Gasteiger partial charge in [0.15, 0.2) is 0 Å². The molecule has 88 valence electrons. The predicted octanol–water partition coefficient (Wildman–Crippen LogP) is 3.14. The summed E-state index contributed by atoms with van der Waals surface area (Å²) in [6.07, 6.45) is 0.437. The molecular weight excluding hydrogens is 202 g/mol. The maximum absolute atomic E-state index is 11.6. The first kappa shape index (κ1) is 12.6. The van der Waals surface area contributed by atoms with E-state index in [9.17, 15) is 4.79 Å². The number of hydrogen-bond acceptors (Lipinski definition) is 2. The second kappa shape index (κ2) is 5.01. The van der Waals surface area contributed by atoms with E-state index in [0.29, 0.717) is 5.75 Å². The molecule has 0 radical (unpaired) electrons. The first-order valence-electron chi connectivity index (χ1n) is 5.50. The van der Waals surface area contributed by atoms with Crippen molar-refractivity contribution in [3.8, 4) is 5.75 Å². The minimum absolute atomic E-state index is 0.280. The molecule has 3 nitrogen and oxygen atoms in total. The van der Waals surface area contributed by atoms with Crippen LogP contribution in [0.2, 0.25) is 0 Å². The van der Waals surface area contributed by atoms with E-state index >= 15 is 0 Å². The van der Waals surface area contributed by atoms with Crippen LogP contribution in [0.5, 0.6) is 5.75 Å². The van der Waals surface area contributed by atoms with E-state index in [2.05, 4.69) is 5.32 Å². The Morgan fingerprint density at radius 1 is 1.31 bits per heavy atom. The fourth-order valence-corrected chi connectivity index (χ4v) is 1.33. The van der Waals surface area contributed by atoms with E-state index < -0.39 is 6.09 Å². The van der Waals surface area contributed by atoms with Crippen LogP contribution in [0.25, 0.3) is 0 Å². The second-order valence-corrected chi connectivity index (χ2v) is 4.73. The molecule has 0 aliphatic heterocycles.